The number of piperidine rings is 1. The van der Waals surface area contributed by atoms with Crippen molar-refractivity contribution >= 4 is 5.82 Å². The van der Waals surface area contributed by atoms with Gasteiger partial charge in [0.25, 0.3) is 0 Å². The Bertz CT molecular complexity index is 312. The number of nitrogens with zero attached hydrogens (tertiary/aromatic N) is 3. The van der Waals surface area contributed by atoms with Crippen LogP contribution < -0.4 is 5.73 Å². The van der Waals surface area contributed by atoms with Gasteiger partial charge in [-0.15, -0.1) is 0 Å². The highest BCUT2D eigenvalue weighted by molar-refractivity contribution is 5.30. The van der Waals surface area contributed by atoms with Crippen molar-refractivity contribution in [3.63, 3.8) is 0 Å². The maximum Gasteiger partial charge on any atom is 0.121 e. The summed E-state index contributed by atoms with van der Waals surface area (Å²) in [4.78, 5) is 2.49. The van der Waals surface area contributed by atoms with E-state index in [1.165, 1.54) is 25.8 Å². The predicted molar refractivity (Wildman–Crippen MR) is 61.3 cm³/mol. The molecule has 0 bridgehead atoms. The molecule has 1 fully saturated rings. The van der Waals surface area contributed by atoms with Crippen LogP contribution in [0.4, 0.5) is 5.82 Å². The Morgan fingerprint density at radius 1 is 1.53 bits per heavy atom. The quantitative estimate of drug-likeness (QED) is 0.798. The summed E-state index contributed by atoms with van der Waals surface area (Å²) in [5.74, 6) is 0.745. The average Bonchev–Trinajstić information content (AvgIpc) is 2.50. The number of anilines is 1. The summed E-state index contributed by atoms with van der Waals surface area (Å²) >= 11 is 0. The van der Waals surface area contributed by atoms with E-state index < -0.39 is 0 Å². The molecule has 1 unspecified atom stereocenters. The number of nitrogens with two attached hydrogens (primary N) is 1. The van der Waals surface area contributed by atoms with E-state index in [-0.39, 0.29) is 0 Å². The van der Waals surface area contributed by atoms with Crippen LogP contribution in [-0.4, -0.2) is 27.3 Å². The summed E-state index contributed by atoms with van der Waals surface area (Å²) in [5, 5.41) is 4.39. The lowest BCUT2D eigenvalue weighted by Crippen LogP contribution is -2.36. The average molecular weight is 208 g/mol. The highest BCUT2D eigenvalue weighted by Crippen LogP contribution is 2.19. The van der Waals surface area contributed by atoms with Gasteiger partial charge >= 0.3 is 0 Å². The van der Waals surface area contributed by atoms with E-state index >= 15 is 0 Å². The second-order valence-corrected chi connectivity index (χ2v) is 4.50. The first kappa shape index (κ1) is 10.5. The molecule has 1 atom stereocenters. The predicted octanol–water partition coefficient (Wildman–Crippen LogP) is 1.38. The molecule has 1 aliphatic heterocycles. The van der Waals surface area contributed by atoms with E-state index in [0.717, 1.165) is 18.1 Å². The van der Waals surface area contributed by atoms with E-state index in [1.54, 1.807) is 4.68 Å². The third-order valence-corrected chi connectivity index (χ3v) is 3.27. The molecule has 1 aromatic rings. The van der Waals surface area contributed by atoms with Gasteiger partial charge in [-0.3, -0.25) is 9.58 Å². The lowest BCUT2D eigenvalue weighted by Gasteiger charge is -2.32. The van der Waals surface area contributed by atoms with E-state index in [9.17, 15) is 0 Å². The van der Waals surface area contributed by atoms with Crippen molar-refractivity contribution in [2.75, 3.05) is 12.3 Å². The van der Waals surface area contributed by atoms with Crippen molar-refractivity contribution in [3.8, 4) is 0 Å². The van der Waals surface area contributed by atoms with Crippen LogP contribution in [-0.2, 0) is 13.6 Å². The largest absolute Gasteiger partial charge is 0.384 e. The molecule has 1 saturated heterocycles. The molecule has 0 spiro atoms. The van der Waals surface area contributed by atoms with Crippen LogP contribution in [0.15, 0.2) is 6.07 Å². The number of aryl methyl sites for hydroxylation is 1. The van der Waals surface area contributed by atoms with Gasteiger partial charge in [0.2, 0.25) is 0 Å². The lowest BCUT2D eigenvalue weighted by atomic mass is 10.0. The highest BCUT2D eigenvalue weighted by atomic mass is 15.3. The van der Waals surface area contributed by atoms with E-state index in [0.29, 0.717) is 6.04 Å². The van der Waals surface area contributed by atoms with Gasteiger partial charge in [0, 0.05) is 25.7 Å². The Labute approximate surface area is 91.1 Å². The van der Waals surface area contributed by atoms with Crippen LogP contribution in [0.2, 0.25) is 0 Å². The first-order chi connectivity index (χ1) is 7.16. The molecule has 15 heavy (non-hydrogen) atoms. The standard InChI is InChI=1S/C11H20N4/c1-9-5-3-4-6-15(9)8-10-7-11(12)14(2)13-10/h7,9H,3-6,8,12H2,1-2H3. The second-order valence-electron chi connectivity index (χ2n) is 4.50. The van der Waals surface area contributed by atoms with Gasteiger partial charge in [-0.2, -0.15) is 5.10 Å². The summed E-state index contributed by atoms with van der Waals surface area (Å²) in [7, 11) is 1.89. The first-order valence-electron chi connectivity index (χ1n) is 5.69. The number of nitrogen functional groups attached to an aromatic ring is 1. The summed E-state index contributed by atoms with van der Waals surface area (Å²) in [5.41, 5.74) is 6.85. The fraction of sp³-hybridized carbons (Fsp3) is 0.727. The number of aromatic nitrogens is 2. The number of likely N-dealkylation sites (tertiary alicyclic amines) is 1. The summed E-state index contributed by atoms with van der Waals surface area (Å²) in [6, 6.07) is 2.66. The van der Waals surface area contributed by atoms with Crippen LogP contribution in [0, 0.1) is 0 Å². The maximum atomic E-state index is 5.76. The van der Waals surface area contributed by atoms with Gasteiger partial charge in [0.05, 0.1) is 5.69 Å². The van der Waals surface area contributed by atoms with Crippen LogP contribution in [0.1, 0.15) is 31.9 Å². The number of hydrogen-bond donors (Lipinski definition) is 1. The monoisotopic (exact) mass is 208 g/mol. The topological polar surface area (TPSA) is 47.1 Å². The third kappa shape index (κ3) is 2.31. The van der Waals surface area contributed by atoms with Crippen molar-refractivity contribution in [2.24, 2.45) is 7.05 Å². The molecular formula is C11H20N4. The molecule has 84 valence electrons. The minimum atomic E-state index is 0.682. The van der Waals surface area contributed by atoms with Crippen LogP contribution in [0.25, 0.3) is 0 Å². The molecule has 1 aromatic heterocycles. The van der Waals surface area contributed by atoms with Crippen molar-refractivity contribution in [1.82, 2.24) is 14.7 Å². The minimum Gasteiger partial charge on any atom is -0.384 e. The SMILES string of the molecule is CC1CCCCN1Cc1cc(N)n(C)n1. The molecule has 0 amide bonds. The van der Waals surface area contributed by atoms with Gasteiger partial charge < -0.3 is 5.73 Å². The summed E-state index contributed by atoms with van der Waals surface area (Å²) in [6.07, 6.45) is 3.98. The molecule has 0 radical (unpaired) electrons. The Morgan fingerprint density at radius 2 is 2.33 bits per heavy atom. The van der Waals surface area contributed by atoms with E-state index in [4.69, 9.17) is 5.73 Å². The third-order valence-electron chi connectivity index (χ3n) is 3.27. The Kier molecular flexibility index (Phi) is 2.95. The zero-order chi connectivity index (χ0) is 10.8. The van der Waals surface area contributed by atoms with Gasteiger partial charge in [-0.25, -0.2) is 0 Å². The first-order valence-corrected chi connectivity index (χ1v) is 5.69. The van der Waals surface area contributed by atoms with Gasteiger partial charge in [-0.1, -0.05) is 6.42 Å². The fourth-order valence-electron chi connectivity index (χ4n) is 2.22. The van der Waals surface area contributed by atoms with Crippen molar-refractivity contribution in [3.05, 3.63) is 11.8 Å². The Morgan fingerprint density at radius 3 is 2.93 bits per heavy atom. The fourth-order valence-corrected chi connectivity index (χ4v) is 2.22. The smallest absolute Gasteiger partial charge is 0.121 e. The van der Waals surface area contributed by atoms with E-state index in [1.807, 2.05) is 13.1 Å². The molecule has 4 nitrogen and oxygen atoms in total. The highest BCUT2D eigenvalue weighted by Gasteiger charge is 2.19. The minimum absolute atomic E-state index is 0.682. The summed E-state index contributed by atoms with van der Waals surface area (Å²) in [6.45, 7) is 4.43. The molecule has 2 heterocycles. The molecule has 2 rings (SSSR count). The normalized spacial score (nSPS) is 23.2. The zero-order valence-electron chi connectivity index (χ0n) is 9.61. The molecule has 0 aliphatic carbocycles. The maximum absolute atomic E-state index is 5.76. The lowest BCUT2D eigenvalue weighted by molar-refractivity contribution is 0.150. The van der Waals surface area contributed by atoms with Crippen LogP contribution in [0.3, 0.4) is 0 Å². The van der Waals surface area contributed by atoms with E-state index in [2.05, 4.69) is 16.9 Å². The Hall–Kier alpha value is -1.03. The van der Waals surface area contributed by atoms with Crippen molar-refractivity contribution in [2.45, 2.75) is 38.8 Å². The van der Waals surface area contributed by atoms with Gasteiger partial charge in [-0.05, 0) is 26.3 Å². The van der Waals surface area contributed by atoms with Crippen molar-refractivity contribution < 1.29 is 0 Å². The zero-order valence-corrected chi connectivity index (χ0v) is 9.61. The molecular weight excluding hydrogens is 188 g/mol. The second kappa shape index (κ2) is 4.23. The number of hydrogen-bond acceptors (Lipinski definition) is 3. The summed E-state index contributed by atoms with van der Waals surface area (Å²) < 4.78 is 1.74. The molecule has 0 saturated carbocycles. The van der Waals surface area contributed by atoms with Crippen LogP contribution >= 0.6 is 0 Å². The van der Waals surface area contributed by atoms with Crippen molar-refractivity contribution in [1.29, 1.82) is 0 Å². The Balaban J connectivity index is 2.01. The van der Waals surface area contributed by atoms with Crippen LogP contribution in [0.5, 0.6) is 0 Å². The van der Waals surface area contributed by atoms with Gasteiger partial charge in [0.1, 0.15) is 5.82 Å². The molecule has 4 heteroatoms. The molecule has 2 N–H and O–H groups in total. The number of rotatable bonds is 2. The molecule has 0 aromatic carbocycles. The molecule has 1 aliphatic rings. The van der Waals surface area contributed by atoms with Gasteiger partial charge in [0.15, 0.2) is 0 Å².